The minimum atomic E-state index is -4.32. The predicted molar refractivity (Wildman–Crippen MR) is 71.7 cm³/mol. The molecule has 0 fully saturated rings. The Labute approximate surface area is 115 Å². The maximum absolute atomic E-state index is 12.4. The van der Waals surface area contributed by atoms with Gasteiger partial charge in [-0.1, -0.05) is 42.5 Å². The molecule has 2 nitrogen and oxygen atoms in total. The van der Waals surface area contributed by atoms with Crippen LogP contribution >= 0.6 is 0 Å². The molecule has 0 bridgehead atoms. The fraction of sp³-hybridized carbons (Fsp3) is 0.200. The number of nitrogens with one attached hydrogen (secondary N) is 1. The van der Waals surface area contributed by atoms with Crippen molar-refractivity contribution in [3.63, 3.8) is 0 Å². The molecule has 0 amide bonds. The van der Waals surface area contributed by atoms with E-state index in [1.807, 2.05) is 30.3 Å². The number of alkyl halides is 3. The summed E-state index contributed by atoms with van der Waals surface area (Å²) in [6.07, 6.45) is -4.82. The topological polar surface area (TPSA) is 38.0 Å². The molecule has 106 valence electrons. The van der Waals surface area contributed by atoms with Crippen molar-refractivity contribution < 1.29 is 13.2 Å². The number of nitrogens with two attached hydrogens (primary N) is 1. The third kappa shape index (κ3) is 3.82. The molecule has 0 unspecified atom stereocenters. The maximum Gasteiger partial charge on any atom is 0.416 e. The van der Waals surface area contributed by atoms with Gasteiger partial charge in [-0.15, -0.1) is 0 Å². The van der Waals surface area contributed by atoms with E-state index < -0.39 is 17.9 Å². The van der Waals surface area contributed by atoms with Gasteiger partial charge in [-0.2, -0.15) is 13.2 Å². The predicted octanol–water partition coefficient (Wildman–Crippen LogP) is 3.45. The first-order chi connectivity index (χ1) is 9.47. The molecule has 0 aliphatic heterocycles. The molecule has 20 heavy (non-hydrogen) atoms. The van der Waals surface area contributed by atoms with Crippen LogP contribution in [-0.4, -0.2) is 0 Å². The lowest BCUT2D eigenvalue weighted by atomic mass is 10.1. The highest BCUT2D eigenvalue weighted by Gasteiger charge is 2.30. The zero-order valence-electron chi connectivity index (χ0n) is 10.7. The molecular weight excluding hydrogens is 265 g/mol. The van der Waals surface area contributed by atoms with E-state index in [1.165, 1.54) is 12.1 Å². The molecule has 0 heterocycles. The van der Waals surface area contributed by atoms with Crippen LogP contribution < -0.4 is 11.1 Å². The van der Waals surface area contributed by atoms with E-state index in [2.05, 4.69) is 5.32 Å². The van der Waals surface area contributed by atoms with E-state index in [4.69, 9.17) is 5.73 Å². The van der Waals surface area contributed by atoms with Crippen LogP contribution in [-0.2, 0) is 12.7 Å². The van der Waals surface area contributed by atoms with Crippen molar-refractivity contribution in [3.05, 3.63) is 71.3 Å². The summed E-state index contributed by atoms with van der Waals surface area (Å²) in [5.41, 5.74) is 6.92. The summed E-state index contributed by atoms with van der Waals surface area (Å²) < 4.78 is 37.3. The molecule has 2 aromatic rings. The Hall–Kier alpha value is -1.85. The minimum Gasteiger partial charge on any atom is -0.312 e. The second kappa shape index (κ2) is 6.07. The lowest BCUT2D eigenvalue weighted by molar-refractivity contribution is -0.137. The highest BCUT2D eigenvalue weighted by Crippen LogP contribution is 2.29. The van der Waals surface area contributed by atoms with Gasteiger partial charge in [0.1, 0.15) is 0 Å². The summed E-state index contributed by atoms with van der Waals surface area (Å²) in [5, 5.41) is 3.07. The highest BCUT2D eigenvalue weighted by atomic mass is 19.4. The van der Waals surface area contributed by atoms with E-state index in [-0.39, 0.29) is 0 Å². The van der Waals surface area contributed by atoms with Gasteiger partial charge in [0.25, 0.3) is 0 Å². The Kier molecular flexibility index (Phi) is 4.42. The smallest absolute Gasteiger partial charge is 0.312 e. The zero-order valence-corrected chi connectivity index (χ0v) is 10.7. The van der Waals surface area contributed by atoms with Crippen LogP contribution in [0.5, 0.6) is 0 Å². The van der Waals surface area contributed by atoms with Gasteiger partial charge < -0.3 is 5.73 Å². The van der Waals surface area contributed by atoms with Crippen LogP contribution in [0.15, 0.2) is 54.6 Å². The SMILES string of the molecule is N[C@H](NCc1ccccc1)c1ccc(C(F)(F)F)cc1. The Bertz CT molecular complexity index is 535. The zero-order chi connectivity index (χ0) is 14.6. The first-order valence-corrected chi connectivity index (χ1v) is 6.17. The van der Waals surface area contributed by atoms with Gasteiger partial charge in [0.05, 0.1) is 11.7 Å². The van der Waals surface area contributed by atoms with E-state index in [1.54, 1.807) is 0 Å². The molecule has 0 radical (unpaired) electrons. The second-order valence-corrected chi connectivity index (χ2v) is 4.46. The van der Waals surface area contributed by atoms with Gasteiger partial charge in [-0.3, -0.25) is 5.32 Å². The van der Waals surface area contributed by atoms with E-state index in [9.17, 15) is 13.2 Å². The number of halogens is 3. The summed E-state index contributed by atoms with van der Waals surface area (Å²) in [4.78, 5) is 0. The first-order valence-electron chi connectivity index (χ1n) is 6.17. The van der Waals surface area contributed by atoms with Crippen molar-refractivity contribution in [1.82, 2.24) is 5.32 Å². The van der Waals surface area contributed by atoms with Crippen molar-refractivity contribution in [1.29, 1.82) is 0 Å². The van der Waals surface area contributed by atoms with Crippen LogP contribution in [0.4, 0.5) is 13.2 Å². The van der Waals surface area contributed by atoms with Crippen LogP contribution in [0.25, 0.3) is 0 Å². The molecule has 0 saturated carbocycles. The van der Waals surface area contributed by atoms with Crippen LogP contribution in [0.1, 0.15) is 22.9 Å². The quantitative estimate of drug-likeness (QED) is 0.842. The summed E-state index contributed by atoms with van der Waals surface area (Å²) in [5.74, 6) is 0. The van der Waals surface area contributed by atoms with E-state index >= 15 is 0 Å². The minimum absolute atomic E-state index is 0.502. The number of hydrogen-bond acceptors (Lipinski definition) is 2. The molecule has 2 aromatic carbocycles. The van der Waals surface area contributed by atoms with Gasteiger partial charge in [-0.25, -0.2) is 0 Å². The van der Waals surface area contributed by atoms with Crippen LogP contribution in [0.3, 0.4) is 0 Å². The summed E-state index contributed by atoms with van der Waals surface area (Å²) in [7, 11) is 0. The monoisotopic (exact) mass is 280 g/mol. The molecule has 0 aliphatic rings. The van der Waals surface area contributed by atoms with Crippen molar-refractivity contribution in [2.24, 2.45) is 5.73 Å². The average Bonchev–Trinajstić information content (AvgIpc) is 2.45. The van der Waals surface area contributed by atoms with Gasteiger partial charge in [0.2, 0.25) is 0 Å². The normalized spacial score (nSPS) is 13.2. The van der Waals surface area contributed by atoms with Crippen molar-refractivity contribution in [2.45, 2.75) is 18.9 Å². The maximum atomic E-state index is 12.4. The number of benzene rings is 2. The van der Waals surface area contributed by atoms with Crippen LogP contribution in [0, 0.1) is 0 Å². The fourth-order valence-corrected chi connectivity index (χ4v) is 1.82. The standard InChI is InChI=1S/C15H15F3N2/c16-15(17,18)13-8-6-12(7-9-13)14(19)20-10-11-4-2-1-3-5-11/h1-9,14,20H,10,19H2/t14-/m1/s1. The third-order valence-corrected chi connectivity index (χ3v) is 2.97. The van der Waals surface area contributed by atoms with Crippen molar-refractivity contribution in [2.75, 3.05) is 0 Å². The molecule has 0 spiro atoms. The highest BCUT2D eigenvalue weighted by molar-refractivity contribution is 5.26. The van der Waals surface area contributed by atoms with Gasteiger partial charge in [-0.05, 0) is 23.3 Å². The molecule has 0 aliphatic carbocycles. The molecule has 3 N–H and O–H groups in total. The van der Waals surface area contributed by atoms with E-state index in [0.29, 0.717) is 12.1 Å². The third-order valence-electron chi connectivity index (χ3n) is 2.97. The van der Waals surface area contributed by atoms with Crippen molar-refractivity contribution in [3.8, 4) is 0 Å². The van der Waals surface area contributed by atoms with Crippen LogP contribution in [0.2, 0.25) is 0 Å². The van der Waals surface area contributed by atoms with Gasteiger partial charge >= 0.3 is 6.18 Å². The average molecular weight is 280 g/mol. The summed E-state index contributed by atoms with van der Waals surface area (Å²) in [6.45, 7) is 0.559. The molecule has 0 aromatic heterocycles. The second-order valence-electron chi connectivity index (χ2n) is 4.46. The number of rotatable bonds is 4. The largest absolute Gasteiger partial charge is 0.416 e. The van der Waals surface area contributed by atoms with E-state index in [0.717, 1.165) is 17.7 Å². The Morgan fingerprint density at radius 3 is 2.10 bits per heavy atom. The number of hydrogen-bond donors (Lipinski definition) is 2. The van der Waals surface area contributed by atoms with Crippen molar-refractivity contribution >= 4 is 0 Å². The fourth-order valence-electron chi connectivity index (χ4n) is 1.82. The Balaban J connectivity index is 1.97. The van der Waals surface area contributed by atoms with Gasteiger partial charge in [0, 0.05) is 6.54 Å². The lowest BCUT2D eigenvalue weighted by Crippen LogP contribution is -2.28. The Morgan fingerprint density at radius 1 is 0.950 bits per heavy atom. The lowest BCUT2D eigenvalue weighted by Gasteiger charge is -2.15. The summed E-state index contributed by atoms with van der Waals surface area (Å²) >= 11 is 0. The molecule has 2 rings (SSSR count). The van der Waals surface area contributed by atoms with Gasteiger partial charge in [0.15, 0.2) is 0 Å². The molecular formula is C15H15F3N2. The molecule has 1 atom stereocenters. The molecule has 5 heteroatoms. The molecule has 0 saturated heterocycles. The first kappa shape index (κ1) is 14.6. The Morgan fingerprint density at radius 2 is 1.55 bits per heavy atom. The summed E-state index contributed by atoms with van der Waals surface area (Å²) in [6, 6.07) is 14.5.